The monoisotopic (exact) mass is 476 g/mol. The fourth-order valence-electron chi connectivity index (χ4n) is 2.17. The summed E-state index contributed by atoms with van der Waals surface area (Å²) in [6, 6.07) is 12.9. The molecule has 2 N–H and O–H groups in total. The van der Waals surface area contributed by atoms with E-state index in [1.807, 2.05) is 24.3 Å². The highest BCUT2D eigenvalue weighted by atomic mass is 127. The topological polar surface area (TPSA) is 58.5 Å². The second kappa shape index (κ2) is 12.4. The number of rotatable bonds is 8. The van der Waals surface area contributed by atoms with Gasteiger partial charge in [-0.15, -0.1) is 24.0 Å². The minimum atomic E-state index is -2.48. The number of nitrogens with zero attached hydrogens (tertiary/aromatic N) is 2. The lowest BCUT2D eigenvalue weighted by Gasteiger charge is -2.12. The number of guanidine groups is 1. The lowest BCUT2D eigenvalue weighted by Crippen LogP contribution is -2.37. The molecule has 0 unspecified atom stereocenters. The van der Waals surface area contributed by atoms with Crippen LogP contribution < -0.4 is 15.4 Å². The number of pyridine rings is 1. The van der Waals surface area contributed by atoms with Crippen molar-refractivity contribution in [3.8, 4) is 5.75 Å². The van der Waals surface area contributed by atoms with Gasteiger partial charge in [-0.1, -0.05) is 18.2 Å². The zero-order chi connectivity index (χ0) is 17.9. The molecular weight excluding hydrogens is 453 g/mol. The Bertz CT molecular complexity index is 671. The number of benzene rings is 1. The number of nitrogens with one attached hydrogen (secondary N) is 2. The summed E-state index contributed by atoms with van der Waals surface area (Å²) in [7, 11) is 1.69. The van der Waals surface area contributed by atoms with E-state index >= 15 is 0 Å². The molecular formula is C18H23F2IN4O. The number of hydrogen-bond acceptors (Lipinski definition) is 3. The average Bonchev–Trinajstić information content (AvgIpc) is 2.64. The van der Waals surface area contributed by atoms with Gasteiger partial charge in [-0.25, -0.2) is 8.78 Å². The SMILES string of the molecule is CN=C(NCCc1ccccn1)NCc1cccc(OCC(F)F)c1.I. The lowest BCUT2D eigenvalue weighted by atomic mass is 10.2. The van der Waals surface area contributed by atoms with Gasteiger partial charge in [0.25, 0.3) is 6.43 Å². The van der Waals surface area contributed by atoms with Gasteiger partial charge in [0, 0.05) is 38.4 Å². The van der Waals surface area contributed by atoms with Gasteiger partial charge in [0.05, 0.1) is 0 Å². The van der Waals surface area contributed by atoms with E-state index in [-0.39, 0.29) is 24.0 Å². The summed E-state index contributed by atoms with van der Waals surface area (Å²) in [5, 5.41) is 6.39. The minimum Gasteiger partial charge on any atom is -0.488 e. The number of aliphatic imine (C=N–C) groups is 1. The predicted molar refractivity (Wildman–Crippen MR) is 109 cm³/mol. The summed E-state index contributed by atoms with van der Waals surface area (Å²) in [6.07, 6.45) is 0.0770. The molecule has 0 bridgehead atoms. The molecule has 0 atom stereocenters. The van der Waals surface area contributed by atoms with Crippen LogP contribution in [-0.4, -0.2) is 37.6 Å². The highest BCUT2D eigenvalue weighted by Crippen LogP contribution is 2.14. The molecule has 0 aliphatic rings. The van der Waals surface area contributed by atoms with Gasteiger partial charge in [-0.3, -0.25) is 9.98 Å². The quantitative estimate of drug-likeness (QED) is 0.349. The van der Waals surface area contributed by atoms with E-state index in [1.165, 1.54) is 0 Å². The number of ether oxygens (including phenoxy) is 1. The smallest absolute Gasteiger partial charge is 0.272 e. The zero-order valence-electron chi connectivity index (χ0n) is 14.5. The summed E-state index contributed by atoms with van der Waals surface area (Å²) in [6.45, 7) is 0.608. The molecule has 0 saturated carbocycles. The van der Waals surface area contributed by atoms with Crippen LogP contribution in [0.3, 0.4) is 0 Å². The molecule has 1 aromatic heterocycles. The lowest BCUT2D eigenvalue weighted by molar-refractivity contribution is 0.0818. The summed E-state index contributed by atoms with van der Waals surface area (Å²) in [4.78, 5) is 8.43. The summed E-state index contributed by atoms with van der Waals surface area (Å²) < 4.78 is 29.4. The van der Waals surface area contributed by atoms with Crippen molar-refractivity contribution in [2.45, 2.75) is 19.4 Å². The van der Waals surface area contributed by atoms with Crippen molar-refractivity contribution in [1.82, 2.24) is 15.6 Å². The second-order valence-corrected chi connectivity index (χ2v) is 5.27. The van der Waals surface area contributed by atoms with Gasteiger partial charge in [0.1, 0.15) is 12.4 Å². The maximum Gasteiger partial charge on any atom is 0.272 e. The maximum atomic E-state index is 12.2. The van der Waals surface area contributed by atoms with Crippen LogP contribution in [0.2, 0.25) is 0 Å². The highest BCUT2D eigenvalue weighted by molar-refractivity contribution is 14.0. The van der Waals surface area contributed by atoms with E-state index in [0.717, 1.165) is 17.7 Å². The first kappa shape index (κ1) is 22.1. The standard InChI is InChI=1S/C18H22F2N4O.HI/c1-21-18(23-10-8-15-6-2-3-9-22-15)24-12-14-5-4-7-16(11-14)25-13-17(19)20;/h2-7,9,11,17H,8,10,12-13H2,1H3,(H2,21,23,24);1H. The van der Waals surface area contributed by atoms with Gasteiger partial charge >= 0.3 is 0 Å². The third-order valence-electron chi connectivity index (χ3n) is 3.36. The fraction of sp³-hybridized carbons (Fsp3) is 0.333. The first-order valence-corrected chi connectivity index (χ1v) is 8.01. The highest BCUT2D eigenvalue weighted by Gasteiger charge is 2.04. The van der Waals surface area contributed by atoms with Crippen molar-refractivity contribution < 1.29 is 13.5 Å². The van der Waals surface area contributed by atoms with Crippen LogP contribution in [0.1, 0.15) is 11.3 Å². The fourth-order valence-corrected chi connectivity index (χ4v) is 2.17. The largest absolute Gasteiger partial charge is 0.488 e. The number of aromatic nitrogens is 1. The summed E-state index contributed by atoms with van der Waals surface area (Å²) in [5.74, 6) is 1.09. The molecule has 0 fully saturated rings. The van der Waals surface area contributed by atoms with E-state index in [0.29, 0.717) is 24.8 Å². The molecule has 5 nitrogen and oxygen atoms in total. The third kappa shape index (κ3) is 8.41. The Hall–Kier alpha value is -1.97. The molecule has 8 heteroatoms. The average molecular weight is 476 g/mol. The van der Waals surface area contributed by atoms with E-state index < -0.39 is 13.0 Å². The first-order chi connectivity index (χ1) is 12.2. The zero-order valence-corrected chi connectivity index (χ0v) is 16.8. The Morgan fingerprint density at radius 2 is 2.04 bits per heavy atom. The van der Waals surface area contributed by atoms with Crippen LogP contribution in [0.15, 0.2) is 53.7 Å². The van der Waals surface area contributed by atoms with Crippen molar-refractivity contribution in [3.05, 3.63) is 59.9 Å². The first-order valence-electron chi connectivity index (χ1n) is 8.01. The van der Waals surface area contributed by atoms with Gasteiger partial charge in [0.2, 0.25) is 0 Å². The molecule has 1 aromatic carbocycles. The van der Waals surface area contributed by atoms with E-state index in [1.54, 1.807) is 31.4 Å². The number of halogens is 3. The van der Waals surface area contributed by atoms with Crippen molar-refractivity contribution in [3.63, 3.8) is 0 Å². The Labute approximate surface area is 169 Å². The second-order valence-electron chi connectivity index (χ2n) is 5.27. The molecule has 0 radical (unpaired) electrons. The van der Waals surface area contributed by atoms with Crippen LogP contribution in [0.25, 0.3) is 0 Å². The Morgan fingerprint density at radius 1 is 1.19 bits per heavy atom. The van der Waals surface area contributed by atoms with Crippen LogP contribution in [0, 0.1) is 0 Å². The molecule has 0 amide bonds. The molecule has 26 heavy (non-hydrogen) atoms. The van der Waals surface area contributed by atoms with E-state index in [9.17, 15) is 8.78 Å². The third-order valence-corrected chi connectivity index (χ3v) is 3.36. The number of hydrogen-bond donors (Lipinski definition) is 2. The Balaban J connectivity index is 0.00000338. The van der Waals surface area contributed by atoms with Crippen molar-refractivity contribution in [2.24, 2.45) is 4.99 Å². The van der Waals surface area contributed by atoms with Crippen LogP contribution in [0.4, 0.5) is 8.78 Å². The van der Waals surface area contributed by atoms with Crippen LogP contribution in [0.5, 0.6) is 5.75 Å². The molecule has 0 saturated heterocycles. The summed E-state index contributed by atoms with van der Waals surface area (Å²) >= 11 is 0. The maximum absolute atomic E-state index is 12.2. The van der Waals surface area contributed by atoms with Crippen LogP contribution >= 0.6 is 24.0 Å². The summed E-state index contributed by atoms with van der Waals surface area (Å²) in [5.41, 5.74) is 1.92. The van der Waals surface area contributed by atoms with Crippen molar-refractivity contribution in [2.75, 3.05) is 20.2 Å². The van der Waals surface area contributed by atoms with Gasteiger partial charge in [-0.2, -0.15) is 0 Å². The van der Waals surface area contributed by atoms with Crippen molar-refractivity contribution >= 4 is 29.9 Å². The Morgan fingerprint density at radius 3 is 2.73 bits per heavy atom. The molecule has 1 heterocycles. The minimum absolute atomic E-state index is 0. The molecule has 142 valence electrons. The molecule has 2 aromatic rings. The Kier molecular flexibility index (Phi) is 10.5. The predicted octanol–water partition coefficient (Wildman–Crippen LogP) is 3.25. The van der Waals surface area contributed by atoms with E-state index in [2.05, 4.69) is 20.6 Å². The van der Waals surface area contributed by atoms with E-state index in [4.69, 9.17) is 4.74 Å². The number of alkyl halides is 2. The molecule has 0 spiro atoms. The van der Waals surface area contributed by atoms with Gasteiger partial charge in [-0.05, 0) is 29.8 Å². The molecule has 2 rings (SSSR count). The van der Waals surface area contributed by atoms with Gasteiger partial charge < -0.3 is 15.4 Å². The van der Waals surface area contributed by atoms with Crippen LogP contribution in [-0.2, 0) is 13.0 Å². The molecule has 0 aliphatic heterocycles. The van der Waals surface area contributed by atoms with Crippen molar-refractivity contribution in [1.29, 1.82) is 0 Å². The molecule has 0 aliphatic carbocycles. The van der Waals surface area contributed by atoms with Gasteiger partial charge in [0.15, 0.2) is 5.96 Å². The normalized spacial score (nSPS) is 11.0.